The second kappa shape index (κ2) is 5.78. The summed E-state index contributed by atoms with van der Waals surface area (Å²) in [6.07, 6.45) is 0. The molecule has 21 heavy (non-hydrogen) atoms. The van der Waals surface area contributed by atoms with E-state index in [0.29, 0.717) is 11.3 Å². The Hall–Kier alpha value is -2.63. The number of rotatable bonds is 3. The molecule has 0 spiro atoms. The van der Waals surface area contributed by atoms with Crippen LogP contribution in [0.1, 0.15) is 21.6 Å². The van der Waals surface area contributed by atoms with Crippen LogP contribution in [0, 0.1) is 6.92 Å². The summed E-state index contributed by atoms with van der Waals surface area (Å²) < 4.78 is 2.36. The molecule has 1 heterocycles. The van der Waals surface area contributed by atoms with Crippen molar-refractivity contribution in [3.63, 3.8) is 0 Å². The SMILES string of the molecule is Cc1ccc(C(=O)NCc2cc(=O)n(C)c(=O)n2C)cc1. The minimum atomic E-state index is -0.415. The van der Waals surface area contributed by atoms with Crippen LogP contribution < -0.4 is 16.6 Å². The minimum Gasteiger partial charge on any atom is -0.346 e. The average Bonchev–Trinajstić information content (AvgIpc) is 2.48. The molecule has 1 aromatic heterocycles. The van der Waals surface area contributed by atoms with Gasteiger partial charge in [0, 0.05) is 31.4 Å². The number of carbonyl (C=O) groups is 1. The van der Waals surface area contributed by atoms with E-state index in [1.54, 1.807) is 19.2 Å². The van der Waals surface area contributed by atoms with Crippen LogP contribution in [0.2, 0.25) is 0 Å². The lowest BCUT2D eigenvalue weighted by molar-refractivity contribution is 0.0950. The zero-order chi connectivity index (χ0) is 15.6. The van der Waals surface area contributed by atoms with Crippen molar-refractivity contribution in [2.45, 2.75) is 13.5 Å². The van der Waals surface area contributed by atoms with Gasteiger partial charge in [-0.05, 0) is 19.1 Å². The Morgan fingerprint density at radius 3 is 2.33 bits per heavy atom. The van der Waals surface area contributed by atoms with Gasteiger partial charge in [-0.15, -0.1) is 0 Å². The van der Waals surface area contributed by atoms with Crippen LogP contribution in [0.15, 0.2) is 39.9 Å². The molecule has 0 atom stereocenters. The second-order valence-corrected chi connectivity index (χ2v) is 4.92. The lowest BCUT2D eigenvalue weighted by Gasteiger charge is -2.10. The van der Waals surface area contributed by atoms with Gasteiger partial charge in [0.15, 0.2) is 0 Å². The summed E-state index contributed by atoms with van der Waals surface area (Å²) in [6, 6.07) is 8.50. The highest BCUT2D eigenvalue weighted by Gasteiger charge is 2.09. The van der Waals surface area contributed by atoms with E-state index in [2.05, 4.69) is 5.32 Å². The number of hydrogen-bond acceptors (Lipinski definition) is 3. The molecule has 0 fully saturated rings. The van der Waals surface area contributed by atoms with Crippen LogP contribution in [0.4, 0.5) is 0 Å². The molecule has 6 nitrogen and oxygen atoms in total. The van der Waals surface area contributed by atoms with E-state index in [1.807, 2.05) is 19.1 Å². The van der Waals surface area contributed by atoms with E-state index in [9.17, 15) is 14.4 Å². The first-order valence-electron chi connectivity index (χ1n) is 6.51. The van der Waals surface area contributed by atoms with Gasteiger partial charge in [-0.1, -0.05) is 17.7 Å². The summed E-state index contributed by atoms with van der Waals surface area (Å²) in [7, 11) is 2.98. The highest BCUT2D eigenvalue weighted by Crippen LogP contribution is 2.03. The molecular weight excluding hydrogens is 270 g/mol. The van der Waals surface area contributed by atoms with Gasteiger partial charge in [-0.25, -0.2) is 4.79 Å². The molecule has 1 amide bonds. The van der Waals surface area contributed by atoms with Crippen LogP contribution in [0.5, 0.6) is 0 Å². The first-order chi connectivity index (χ1) is 9.90. The van der Waals surface area contributed by atoms with Crippen molar-refractivity contribution in [2.75, 3.05) is 0 Å². The largest absolute Gasteiger partial charge is 0.346 e. The van der Waals surface area contributed by atoms with Gasteiger partial charge in [0.2, 0.25) is 0 Å². The molecule has 1 aromatic carbocycles. The molecule has 0 aliphatic heterocycles. The van der Waals surface area contributed by atoms with E-state index >= 15 is 0 Å². The van der Waals surface area contributed by atoms with Gasteiger partial charge in [0.1, 0.15) is 0 Å². The molecule has 0 saturated heterocycles. The third-order valence-electron chi connectivity index (χ3n) is 3.37. The Kier molecular flexibility index (Phi) is 4.07. The van der Waals surface area contributed by atoms with Crippen LogP contribution in [-0.4, -0.2) is 15.0 Å². The molecule has 2 aromatic rings. The first-order valence-corrected chi connectivity index (χ1v) is 6.51. The Labute approximate surface area is 121 Å². The van der Waals surface area contributed by atoms with Gasteiger partial charge in [-0.2, -0.15) is 0 Å². The van der Waals surface area contributed by atoms with Crippen molar-refractivity contribution in [2.24, 2.45) is 14.1 Å². The van der Waals surface area contributed by atoms with Crippen LogP contribution >= 0.6 is 0 Å². The number of aryl methyl sites for hydroxylation is 1. The molecule has 1 N–H and O–H groups in total. The fourth-order valence-corrected chi connectivity index (χ4v) is 1.93. The fraction of sp³-hybridized carbons (Fsp3) is 0.267. The Balaban J connectivity index is 2.17. The maximum absolute atomic E-state index is 12.0. The number of aromatic nitrogens is 2. The van der Waals surface area contributed by atoms with E-state index in [1.165, 1.54) is 17.7 Å². The molecule has 0 unspecified atom stereocenters. The van der Waals surface area contributed by atoms with E-state index in [0.717, 1.165) is 10.1 Å². The van der Waals surface area contributed by atoms with Crippen molar-refractivity contribution in [3.05, 3.63) is 68.0 Å². The number of carbonyl (C=O) groups excluding carboxylic acids is 1. The minimum absolute atomic E-state index is 0.120. The van der Waals surface area contributed by atoms with E-state index in [-0.39, 0.29) is 12.5 Å². The number of amides is 1. The molecule has 0 saturated carbocycles. The van der Waals surface area contributed by atoms with Crippen LogP contribution in [0.25, 0.3) is 0 Å². The van der Waals surface area contributed by atoms with E-state index in [4.69, 9.17) is 0 Å². The summed E-state index contributed by atoms with van der Waals surface area (Å²) in [5.74, 6) is -0.247. The first kappa shape index (κ1) is 14.8. The second-order valence-electron chi connectivity index (χ2n) is 4.92. The standard InChI is InChI=1S/C15H17N3O3/c1-10-4-6-11(7-5-10)14(20)16-9-12-8-13(19)18(3)15(21)17(12)2/h4-8H,9H2,1-3H3,(H,16,20). The van der Waals surface area contributed by atoms with E-state index < -0.39 is 11.2 Å². The van der Waals surface area contributed by atoms with Crippen molar-refractivity contribution in [1.82, 2.24) is 14.5 Å². The monoisotopic (exact) mass is 287 g/mol. The van der Waals surface area contributed by atoms with Crippen LogP contribution in [-0.2, 0) is 20.6 Å². The fourth-order valence-electron chi connectivity index (χ4n) is 1.93. The molecule has 2 rings (SSSR count). The third-order valence-corrected chi connectivity index (χ3v) is 3.37. The lowest BCUT2D eigenvalue weighted by Crippen LogP contribution is -2.39. The Morgan fingerprint density at radius 2 is 1.71 bits per heavy atom. The van der Waals surface area contributed by atoms with Gasteiger partial charge in [0.25, 0.3) is 11.5 Å². The number of nitrogens with one attached hydrogen (secondary N) is 1. The molecular formula is C15H17N3O3. The van der Waals surface area contributed by atoms with Gasteiger partial charge in [0.05, 0.1) is 6.54 Å². The topological polar surface area (TPSA) is 73.1 Å². The normalized spacial score (nSPS) is 10.4. The summed E-state index contributed by atoms with van der Waals surface area (Å²) in [5.41, 5.74) is 1.26. The molecule has 0 bridgehead atoms. The van der Waals surface area contributed by atoms with Gasteiger partial charge >= 0.3 is 5.69 Å². The number of benzene rings is 1. The molecule has 6 heteroatoms. The van der Waals surface area contributed by atoms with Crippen molar-refractivity contribution >= 4 is 5.91 Å². The quantitative estimate of drug-likeness (QED) is 0.883. The highest BCUT2D eigenvalue weighted by molar-refractivity contribution is 5.94. The summed E-state index contributed by atoms with van der Waals surface area (Å²) in [6.45, 7) is 2.06. The van der Waals surface area contributed by atoms with Gasteiger partial charge < -0.3 is 5.32 Å². The highest BCUT2D eigenvalue weighted by atomic mass is 16.2. The molecule has 0 radical (unpaired) electrons. The maximum Gasteiger partial charge on any atom is 0.330 e. The Morgan fingerprint density at radius 1 is 1.10 bits per heavy atom. The van der Waals surface area contributed by atoms with Crippen molar-refractivity contribution in [3.8, 4) is 0 Å². The number of hydrogen-bond donors (Lipinski definition) is 1. The summed E-state index contributed by atoms with van der Waals surface area (Å²) in [4.78, 5) is 35.4. The smallest absolute Gasteiger partial charge is 0.330 e. The van der Waals surface area contributed by atoms with Crippen molar-refractivity contribution < 1.29 is 4.79 Å². The van der Waals surface area contributed by atoms with Crippen LogP contribution in [0.3, 0.4) is 0 Å². The van der Waals surface area contributed by atoms with Gasteiger partial charge in [-0.3, -0.25) is 18.7 Å². The summed E-state index contributed by atoms with van der Waals surface area (Å²) in [5, 5.41) is 2.70. The van der Waals surface area contributed by atoms with Crippen molar-refractivity contribution in [1.29, 1.82) is 0 Å². The zero-order valence-corrected chi connectivity index (χ0v) is 12.2. The predicted molar refractivity (Wildman–Crippen MR) is 79.3 cm³/mol. The third kappa shape index (κ3) is 3.10. The predicted octanol–water partition coefficient (Wildman–Crippen LogP) is 0.322. The molecule has 0 aliphatic rings. The number of nitrogens with zero attached hydrogens (tertiary/aromatic N) is 2. The maximum atomic E-state index is 12.0. The average molecular weight is 287 g/mol. The molecule has 0 aliphatic carbocycles. The molecule has 110 valence electrons. The zero-order valence-electron chi connectivity index (χ0n) is 12.2. The Bertz CT molecular complexity index is 785. The summed E-state index contributed by atoms with van der Waals surface area (Å²) >= 11 is 0. The lowest BCUT2D eigenvalue weighted by atomic mass is 10.1.